The molecule has 2 saturated heterocycles. The molecule has 1 N–H and O–H groups in total. The molecule has 1 amide bonds. The first-order valence-corrected chi connectivity index (χ1v) is 10.7. The molecule has 5 nitrogen and oxygen atoms in total. The minimum Gasteiger partial charge on any atom is -0.356 e. The maximum atomic E-state index is 12.8. The van der Waals surface area contributed by atoms with E-state index < -0.39 is 0 Å². The number of hydrogen-bond donors (Lipinski definition) is 1. The van der Waals surface area contributed by atoms with Crippen LogP contribution in [0.2, 0.25) is 0 Å². The summed E-state index contributed by atoms with van der Waals surface area (Å²) >= 11 is 0. The highest BCUT2D eigenvalue weighted by Crippen LogP contribution is 2.46. The van der Waals surface area contributed by atoms with Gasteiger partial charge in [-0.1, -0.05) is 26.0 Å². The highest BCUT2D eigenvalue weighted by atomic mass is 16.2. The van der Waals surface area contributed by atoms with Crippen molar-refractivity contribution in [2.75, 3.05) is 26.2 Å². The second kappa shape index (κ2) is 8.14. The van der Waals surface area contributed by atoms with Gasteiger partial charge in [-0.2, -0.15) is 0 Å². The van der Waals surface area contributed by atoms with Gasteiger partial charge in [0.1, 0.15) is 0 Å². The summed E-state index contributed by atoms with van der Waals surface area (Å²) in [6.07, 6.45) is 3.46. The third-order valence-electron chi connectivity index (χ3n) is 6.70. The van der Waals surface area contributed by atoms with Gasteiger partial charge in [0.15, 0.2) is 5.96 Å². The molecule has 0 radical (unpaired) electrons. The van der Waals surface area contributed by atoms with E-state index in [1.165, 1.54) is 6.42 Å². The minimum atomic E-state index is 0.0695. The lowest BCUT2D eigenvalue weighted by Gasteiger charge is -2.62. The van der Waals surface area contributed by atoms with Crippen LogP contribution in [0.1, 0.15) is 69.8 Å². The van der Waals surface area contributed by atoms with Gasteiger partial charge < -0.3 is 15.1 Å². The van der Waals surface area contributed by atoms with Crippen LogP contribution in [0, 0.1) is 5.41 Å². The first kappa shape index (κ1) is 20.7. The van der Waals surface area contributed by atoms with E-state index >= 15 is 0 Å². The molecule has 28 heavy (non-hydrogen) atoms. The average Bonchev–Trinajstić information content (AvgIpc) is 2.70. The summed E-state index contributed by atoms with van der Waals surface area (Å²) in [5.41, 5.74) is 2.20. The summed E-state index contributed by atoms with van der Waals surface area (Å²) in [4.78, 5) is 22.0. The van der Waals surface area contributed by atoms with Gasteiger partial charge in [-0.15, -0.1) is 0 Å². The Morgan fingerprint density at radius 2 is 1.86 bits per heavy atom. The molecule has 0 bridgehead atoms. The van der Waals surface area contributed by atoms with Gasteiger partial charge in [-0.05, 0) is 57.7 Å². The average molecular weight is 385 g/mol. The Kier molecular flexibility index (Phi) is 6.01. The molecule has 5 heteroatoms. The van der Waals surface area contributed by atoms with Crippen LogP contribution in [-0.2, 0) is 6.54 Å². The molecule has 3 rings (SSSR count). The van der Waals surface area contributed by atoms with Crippen LogP contribution in [0.15, 0.2) is 29.3 Å². The third kappa shape index (κ3) is 4.03. The molecular formula is C23H36N4O. The van der Waals surface area contributed by atoms with Crippen LogP contribution in [0.25, 0.3) is 0 Å². The van der Waals surface area contributed by atoms with E-state index in [-0.39, 0.29) is 16.9 Å². The quantitative estimate of drug-likeness (QED) is 0.633. The molecule has 0 unspecified atom stereocenters. The standard InChI is InChI=1S/C23H36N4O/c1-6-24-21(27-17-22(2,3)23(27,4)5)25-16-18-11-10-12-19(15-18)20(28)26-13-8-7-9-14-26/h10-12,15H,6-9,13-14,16-17H2,1-5H3,(H,24,25). The van der Waals surface area contributed by atoms with Crippen LogP contribution in [0.3, 0.4) is 0 Å². The van der Waals surface area contributed by atoms with Crippen LogP contribution < -0.4 is 5.32 Å². The molecule has 0 aliphatic carbocycles. The lowest BCUT2D eigenvalue weighted by Crippen LogP contribution is -2.72. The van der Waals surface area contributed by atoms with Crippen molar-refractivity contribution in [3.05, 3.63) is 35.4 Å². The second-order valence-corrected chi connectivity index (χ2v) is 9.25. The van der Waals surface area contributed by atoms with Gasteiger partial charge in [0.2, 0.25) is 0 Å². The number of carbonyl (C=O) groups is 1. The molecule has 1 aromatic rings. The zero-order valence-corrected chi connectivity index (χ0v) is 18.2. The summed E-state index contributed by atoms with van der Waals surface area (Å²) in [5.74, 6) is 1.11. The van der Waals surface area contributed by atoms with Crippen LogP contribution in [0.4, 0.5) is 0 Å². The number of likely N-dealkylation sites (tertiary alicyclic amines) is 2. The van der Waals surface area contributed by atoms with Crippen molar-refractivity contribution in [2.24, 2.45) is 10.4 Å². The molecule has 2 heterocycles. The molecule has 2 aliphatic heterocycles. The van der Waals surface area contributed by atoms with E-state index in [0.717, 1.165) is 56.1 Å². The second-order valence-electron chi connectivity index (χ2n) is 9.25. The Morgan fingerprint density at radius 1 is 1.14 bits per heavy atom. The number of nitrogens with one attached hydrogen (secondary N) is 1. The summed E-state index contributed by atoms with van der Waals surface area (Å²) in [5, 5.41) is 3.44. The van der Waals surface area contributed by atoms with E-state index in [1.54, 1.807) is 0 Å². The number of aliphatic imine (C=N–C) groups is 1. The summed E-state index contributed by atoms with van der Waals surface area (Å²) in [7, 11) is 0. The molecule has 0 aromatic heterocycles. The number of piperidine rings is 1. The fourth-order valence-corrected chi connectivity index (χ4v) is 4.04. The predicted octanol–water partition coefficient (Wildman–Crippen LogP) is 3.90. The lowest BCUT2D eigenvalue weighted by molar-refractivity contribution is -0.0667. The lowest BCUT2D eigenvalue weighted by atomic mass is 9.65. The van der Waals surface area contributed by atoms with E-state index in [4.69, 9.17) is 4.99 Å². The Balaban J connectivity index is 1.72. The molecule has 1 aromatic carbocycles. The van der Waals surface area contributed by atoms with Gasteiger partial charge in [0, 0.05) is 42.7 Å². The van der Waals surface area contributed by atoms with Crippen LogP contribution in [0.5, 0.6) is 0 Å². The Labute approximate surface area is 170 Å². The monoisotopic (exact) mass is 384 g/mol. The number of guanidine groups is 1. The van der Waals surface area contributed by atoms with Crippen molar-refractivity contribution in [3.8, 4) is 0 Å². The molecule has 2 fully saturated rings. The minimum absolute atomic E-state index is 0.0695. The highest BCUT2D eigenvalue weighted by Gasteiger charge is 2.53. The Morgan fingerprint density at radius 3 is 2.46 bits per heavy atom. The van der Waals surface area contributed by atoms with Gasteiger partial charge in [-0.3, -0.25) is 4.79 Å². The van der Waals surface area contributed by atoms with Crippen molar-refractivity contribution in [3.63, 3.8) is 0 Å². The topological polar surface area (TPSA) is 47.9 Å². The number of carbonyl (C=O) groups excluding carboxylic acids is 1. The summed E-state index contributed by atoms with van der Waals surface area (Å²) < 4.78 is 0. The van der Waals surface area contributed by atoms with Crippen LogP contribution >= 0.6 is 0 Å². The fourth-order valence-electron chi connectivity index (χ4n) is 4.04. The van der Waals surface area contributed by atoms with Crippen molar-refractivity contribution < 1.29 is 4.79 Å². The fraction of sp³-hybridized carbons (Fsp3) is 0.652. The summed E-state index contributed by atoms with van der Waals surface area (Å²) in [6, 6.07) is 7.97. The normalized spacial score (nSPS) is 21.2. The number of amides is 1. The Bertz CT molecular complexity index is 732. The zero-order chi connectivity index (χ0) is 20.4. The first-order valence-electron chi connectivity index (χ1n) is 10.7. The molecule has 0 atom stereocenters. The number of rotatable bonds is 4. The van der Waals surface area contributed by atoms with Crippen molar-refractivity contribution in [1.82, 2.24) is 15.1 Å². The van der Waals surface area contributed by atoms with Crippen molar-refractivity contribution in [1.29, 1.82) is 0 Å². The van der Waals surface area contributed by atoms with Crippen molar-refractivity contribution in [2.45, 2.75) is 66.0 Å². The third-order valence-corrected chi connectivity index (χ3v) is 6.70. The van der Waals surface area contributed by atoms with E-state index in [1.807, 2.05) is 23.1 Å². The largest absolute Gasteiger partial charge is 0.356 e. The molecule has 154 valence electrons. The van der Waals surface area contributed by atoms with Crippen molar-refractivity contribution >= 4 is 11.9 Å². The van der Waals surface area contributed by atoms with Gasteiger partial charge in [0.25, 0.3) is 5.91 Å². The smallest absolute Gasteiger partial charge is 0.253 e. The molecular weight excluding hydrogens is 348 g/mol. The van der Waals surface area contributed by atoms with Gasteiger partial charge >= 0.3 is 0 Å². The van der Waals surface area contributed by atoms with E-state index in [2.05, 4.69) is 50.9 Å². The zero-order valence-electron chi connectivity index (χ0n) is 18.2. The van der Waals surface area contributed by atoms with Gasteiger partial charge in [0.05, 0.1) is 6.54 Å². The van der Waals surface area contributed by atoms with Gasteiger partial charge in [-0.25, -0.2) is 4.99 Å². The first-order chi connectivity index (χ1) is 13.3. The number of nitrogens with zero attached hydrogens (tertiary/aromatic N) is 3. The predicted molar refractivity (Wildman–Crippen MR) is 116 cm³/mol. The molecule has 0 spiro atoms. The number of hydrogen-bond acceptors (Lipinski definition) is 2. The summed E-state index contributed by atoms with van der Waals surface area (Å²) in [6.45, 7) is 15.5. The van der Waals surface area contributed by atoms with E-state index in [0.29, 0.717) is 6.54 Å². The SMILES string of the molecule is CCNC(=NCc1cccc(C(=O)N2CCCCC2)c1)N1CC(C)(C)C1(C)C. The van der Waals surface area contributed by atoms with Crippen LogP contribution in [-0.4, -0.2) is 53.4 Å². The maximum absolute atomic E-state index is 12.8. The molecule has 2 aliphatic rings. The highest BCUT2D eigenvalue weighted by molar-refractivity contribution is 5.94. The maximum Gasteiger partial charge on any atom is 0.253 e. The molecule has 0 saturated carbocycles. The Hall–Kier alpha value is -2.04. The number of benzene rings is 1. The van der Waals surface area contributed by atoms with E-state index in [9.17, 15) is 4.79 Å².